The second-order valence-electron chi connectivity index (χ2n) is 4.43. The lowest BCUT2D eigenvalue weighted by Gasteiger charge is -2.31. The van der Waals surface area contributed by atoms with E-state index in [1.54, 1.807) is 6.92 Å². The molecule has 1 rings (SSSR count). The zero-order chi connectivity index (χ0) is 12.4. The van der Waals surface area contributed by atoms with Gasteiger partial charge in [-0.15, -0.1) is 0 Å². The smallest absolute Gasteiger partial charge is 0.313 e. The minimum atomic E-state index is -3.15. The van der Waals surface area contributed by atoms with E-state index in [-0.39, 0.29) is 23.7 Å². The van der Waals surface area contributed by atoms with E-state index < -0.39 is 21.2 Å². The van der Waals surface area contributed by atoms with Crippen molar-refractivity contribution >= 4 is 21.6 Å². The summed E-state index contributed by atoms with van der Waals surface area (Å²) in [5, 5.41) is 0. The molecule has 16 heavy (non-hydrogen) atoms. The molecule has 5 nitrogen and oxygen atoms in total. The number of Topliss-reactive ketones (excluding diaryl/α,β-unsaturated/α-hetero) is 1. The summed E-state index contributed by atoms with van der Waals surface area (Å²) < 4.78 is 27.3. The number of rotatable bonds is 3. The highest BCUT2D eigenvalue weighted by molar-refractivity contribution is 7.91. The fraction of sp³-hybridized carbons (Fsp3) is 0.800. The third-order valence-corrected chi connectivity index (χ3v) is 4.92. The highest BCUT2D eigenvalue weighted by atomic mass is 32.2. The normalized spacial score (nSPS) is 28.4. The van der Waals surface area contributed by atoms with Crippen molar-refractivity contribution in [3.8, 4) is 0 Å². The van der Waals surface area contributed by atoms with E-state index in [4.69, 9.17) is 0 Å². The van der Waals surface area contributed by atoms with Crippen LogP contribution in [0.4, 0.5) is 0 Å². The molecule has 6 heteroatoms. The molecule has 0 bridgehead atoms. The number of carbonyl (C=O) groups is 2. The number of ketones is 1. The Bertz CT molecular complexity index is 397. The average Bonchev–Trinajstić information content (AvgIpc) is 2.15. The molecule has 1 atom stereocenters. The Balaban J connectivity index is 2.77. The first-order valence-electron chi connectivity index (χ1n) is 5.10. The lowest BCUT2D eigenvalue weighted by Crippen LogP contribution is -2.41. The van der Waals surface area contributed by atoms with Gasteiger partial charge in [-0.1, -0.05) is 6.92 Å². The first-order chi connectivity index (χ1) is 7.29. The molecule has 0 spiro atoms. The Morgan fingerprint density at radius 3 is 2.50 bits per heavy atom. The maximum absolute atomic E-state index is 11.8. The summed E-state index contributed by atoms with van der Waals surface area (Å²) in [5.41, 5.74) is -0.925. The molecule has 1 unspecified atom stereocenters. The molecule has 0 saturated carbocycles. The van der Waals surface area contributed by atoms with E-state index in [9.17, 15) is 18.0 Å². The number of esters is 1. The van der Waals surface area contributed by atoms with Crippen LogP contribution in [0.2, 0.25) is 0 Å². The van der Waals surface area contributed by atoms with Gasteiger partial charge in [-0.3, -0.25) is 9.59 Å². The van der Waals surface area contributed by atoms with E-state index in [0.29, 0.717) is 12.8 Å². The molecule has 1 fully saturated rings. The molecule has 0 aromatic rings. The van der Waals surface area contributed by atoms with Gasteiger partial charge in [0, 0.05) is 5.41 Å². The van der Waals surface area contributed by atoms with Crippen molar-refractivity contribution in [3.05, 3.63) is 0 Å². The SMILES string of the molecule is COC(=O)CC(=O)C1(C)CCCS(=O)(=O)C1. The Morgan fingerprint density at radius 1 is 1.38 bits per heavy atom. The van der Waals surface area contributed by atoms with Crippen molar-refractivity contribution in [3.63, 3.8) is 0 Å². The van der Waals surface area contributed by atoms with Crippen LogP contribution in [0.3, 0.4) is 0 Å². The van der Waals surface area contributed by atoms with Gasteiger partial charge in [-0.05, 0) is 12.8 Å². The minimum absolute atomic E-state index is 0.133. The lowest BCUT2D eigenvalue weighted by molar-refractivity contribution is -0.145. The van der Waals surface area contributed by atoms with Crippen LogP contribution in [0.25, 0.3) is 0 Å². The fourth-order valence-corrected chi connectivity index (χ4v) is 3.95. The largest absolute Gasteiger partial charge is 0.469 e. The van der Waals surface area contributed by atoms with Crippen LogP contribution in [-0.4, -0.2) is 38.8 Å². The van der Waals surface area contributed by atoms with E-state index in [1.165, 1.54) is 7.11 Å². The average molecular weight is 248 g/mol. The molecule has 0 radical (unpaired) electrons. The maximum Gasteiger partial charge on any atom is 0.313 e. The molecule has 0 aliphatic carbocycles. The van der Waals surface area contributed by atoms with E-state index in [1.807, 2.05) is 0 Å². The summed E-state index contributed by atoms with van der Waals surface area (Å²) in [4.78, 5) is 22.8. The molecule has 1 aliphatic heterocycles. The lowest BCUT2D eigenvalue weighted by atomic mass is 9.81. The van der Waals surface area contributed by atoms with E-state index in [0.717, 1.165) is 0 Å². The minimum Gasteiger partial charge on any atom is -0.469 e. The van der Waals surface area contributed by atoms with Crippen LogP contribution >= 0.6 is 0 Å². The van der Waals surface area contributed by atoms with Gasteiger partial charge < -0.3 is 4.74 Å². The summed E-state index contributed by atoms with van der Waals surface area (Å²) in [6.07, 6.45) is 0.649. The quantitative estimate of drug-likeness (QED) is 0.531. The van der Waals surface area contributed by atoms with Crippen molar-refractivity contribution in [2.24, 2.45) is 5.41 Å². The van der Waals surface area contributed by atoms with Gasteiger partial charge in [0.25, 0.3) is 0 Å². The van der Waals surface area contributed by atoms with Gasteiger partial charge in [0.1, 0.15) is 6.42 Å². The van der Waals surface area contributed by atoms with Crippen LogP contribution < -0.4 is 0 Å². The van der Waals surface area contributed by atoms with Crippen molar-refractivity contribution in [2.75, 3.05) is 18.6 Å². The molecular weight excluding hydrogens is 232 g/mol. The fourth-order valence-electron chi connectivity index (χ4n) is 1.95. The van der Waals surface area contributed by atoms with Crippen molar-refractivity contribution in [2.45, 2.75) is 26.2 Å². The predicted molar refractivity (Wildman–Crippen MR) is 57.6 cm³/mol. The van der Waals surface area contributed by atoms with Gasteiger partial charge >= 0.3 is 5.97 Å². The molecule has 0 aromatic heterocycles. The summed E-state index contributed by atoms with van der Waals surface area (Å²) in [5.74, 6) is -0.985. The number of carbonyl (C=O) groups excluding carboxylic acids is 2. The van der Waals surface area contributed by atoms with Crippen molar-refractivity contribution in [1.82, 2.24) is 0 Å². The standard InChI is InChI=1S/C10H16O5S/c1-10(8(11)6-9(12)15-2)4-3-5-16(13,14)7-10/h3-7H2,1-2H3. The van der Waals surface area contributed by atoms with Crippen LogP contribution in [0.5, 0.6) is 0 Å². The van der Waals surface area contributed by atoms with Crippen LogP contribution in [0.1, 0.15) is 26.2 Å². The second-order valence-corrected chi connectivity index (χ2v) is 6.62. The zero-order valence-corrected chi connectivity index (χ0v) is 10.3. The Hall–Kier alpha value is -0.910. The molecule has 0 amide bonds. The highest BCUT2D eigenvalue weighted by Crippen LogP contribution is 2.32. The maximum atomic E-state index is 11.8. The number of hydrogen-bond acceptors (Lipinski definition) is 5. The molecule has 92 valence electrons. The predicted octanol–water partition coefficient (Wildman–Crippen LogP) is 0.333. The monoisotopic (exact) mass is 248 g/mol. The first-order valence-corrected chi connectivity index (χ1v) is 6.92. The molecule has 1 aliphatic rings. The summed E-state index contributed by atoms with van der Waals surface area (Å²) in [6.45, 7) is 1.61. The highest BCUT2D eigenvalue weighted by Gasteiger charge is 2.41. The number of sulfone groups is 1. The van der Waals surface area contributed by atoms with E-state index >= 15 is 0 Å². The number of methoxy groups -OCH3 is 1. The first kappa shape index (κ1) is 13.2. The zero-order valence-electron chi connectivity index (χ0n) is 9.49. The topological polar surface area (TPSA) is 77.5 Å². The third kappa shape index (κ3) is 3.04. The second kappa shape index (κ2) is 4.53. The molecule has 0 aromatic carbocycles. The summed E-state index contributed by atoms with van der Waals surface area (Å²) in [6, 6.07) is 0. The molecule has 0 N–H and O–H groups in total. The van der Waals surface area contributed by atoms with Crippen LogP contribution in [0, 0.1) is 5.41 Å². The Morgan fingerprint density at radius 2 is 2.00 bits per heavy atom. The Labute approximate surface area is 95.1 Å². The van der Waals surface area contributed by atoms with E-state index in [2.05, 4.69) is 4.74 Å². The van der Waals surface area contributed by atoms with Gasteiger partial charge in [0.15, 0.2) is 15.6 Å². The number of hydrogen-bond donors (Lipinski definition) is 0. The number of ether oxygens (including phenoxy) is 1. The van der Waals surface area contributed by atoms with Crippen molar-refractivity contribution < 1.29 is 22.7 Å². The van der Waals surface area contributed by atoms with Gasteiger partial charge in [0.2, 0.25) is 0 Å². The molecular formula is C10H16O5S. The van der Waals surface area contributed by atoms with Gasteiger partial charge in [0.05, 0.1) is 18.6 Å². The Kier molecular flexibility index (Phi) is 3.72. The molecule has 1 heterocycles. The van der Waals surface area contributed by atoms with Gasteiger partial charge in [-0.2, -0.15) is 0 Å². The summed E-state index contributed by atoms with van der Waals surface area (Å²) >= 11 is 0. The summed E-state index contributed by atoms with van der Waals surface area (Å²) in [7, 11) is -1.95. The van der Waals surface area contributed by atoms with Crippen LogP contribution in [0.15, 0.2) is 0 Å². The molecule has 1 saturated heterocycles. The van der Waals surface area contributed by atoms with Crippen LogP contribution in [-0.2, 0) is 24.2 Å². The third-order valence-electron chi connectivity index (χ3n) is 2.93. The van der Waals surface area contributed by atoms with Crippen molar-refractivity contribution in [1.29, 1.82) is 0 Å². The van der Waals surface area contributed by atoms with Gasteiger partial charge in [-0.25, -0.2) is 8.42 Å².